The van der Waals surface area contributed by atoms with Gasteiger partial charge in [0.25, 0.3) is 11.8 Å². The Morgan fingerprint density at radius 1 is 0.897 bits per heavy atom. The van der Waals surface area contributed by atoms with E-state index in [0.717, 1.165) is 11.1 Å². The molecule has 6 heteroatoms. The zero-order valence-corrected chi connectivity index (χ0v) is 16.2. The van der Waals surface area contributed by atoms with Crippen molar-refractivity contribution >= 4 is 23.7 Å². The zero-order valence-electron chi connectivity index (χ0n) is 16.2. The van der Waals surface area contributed by atoms with E-state index in [1.807, 2.05) is 43.3 Å². The van der Waals surface area contributed by atoms with Crippen LogP contribution in [0.15, 0.2) is 77.9 Å². The summed E-state index contributed by atoms with van der Waals surface area (Å²) in [5.74, 6) is 0.165. The summed E-state index contributed by atoms with van der Waals surface area (Å²) in [5.41, 5.74) is 5.92. The summed E-state index contributed by atoms with van der Waals surface area (Å²) in [6, 6.07) is 21.3. The van der Waals surface area contributed by atoms with Crippen molar-refractivity contribution < 1.29 is 14.3 Å². The predicted octanol–water partition coefficient (Wildman–Crippen LogP) is 4.02. The Kier molecular flexibility index (Phi) is 6.37. The first-order chi connectivity index (χ1) is 14.0. The van der Waals surface area contributed by atoms with Gasteiger partial charge < -0.3 is 10.1 Å². The maximum atomic E-state index is 12.3. The number of hydrogen-bond acceptors (Lipinski definition) is 4. The lowest BCUT2D eigenvalue weighted by Crippen LogP contribution is -2.18. The average Bonchev–Trinajstić information content (AvgIpc) is 2.74. The van der Waals surface area contributed by atoms with Gasteiger partial charge in [-0.05, 0) is 61.0 Å². The Hall–Kier alpha value is -3.93. The smallest absolute Gasteiger partial charge is 0.271 e. The van der Waals surface area contributed by atoms with Crippen molar-refractivity contribution in [1.29, 1.82) is 0 Å². The highest BCUT2D eigenvalue weighted by Gasteiger charge is 2.08. The molecule has 6 nitrogen and oxygen atoms in total. The maximum absolute atomic E-state index is 12.3. The second kappa shape index (κ2) is 9.32. The summed E-state index contributed by atoms with van der Waals surface area (Å²) in [5, 5.41) is 6.78. The molecule has 0 aliphatic rings. The Labute approximate surface area is 169 Å². The topological polar surface area (TPSA) is 79.8 Å². The zero-order chi connectivity index (χ0) is 20.6. The van der Waals surface area contributed by atoms with Gasteiger partial charge in [0.2, 0.25) is 0 Å². The molecule has 146 valence electrons. The van der Waals surface area contributed by atoms with Gasteiger partial charge in [-0.3, -0.25) is 9.59 Å². The van der Waals surface area contributed by atoms with Gasteiger partial charge in [-0.1, -0.05) is 29.8 Å². The molecule has 3 aromatic carbocycles. The number of carbonyl (C=O) groups excluding carboxylic acids is 2. The summed E-state index contributed by atoms with van der Waals surface area (Å²) < 4.78 is 5.15. The number of hydrazone groups is 1. The molecule has 3 rings (SSSR count). The summed E-state index contributed by atoms with van der Waals surface area (Å²) in [6.07, 6.45) is 1.54. The normalized spacial score (nSPS) is 10.6. The van der Waals surface area contributed by atoms with Crippen molar-refractivity contribution in [1.82, 2.24) is 5.43 Å². The van der Waals surface area contributed by atoms with E-state index in [0.29, 0.717) is 22.6 Å². The fraction of sp³-hybridized carbons (Fsp3) is 0.0870. The average molecular weight is 387 g/mol. The highest BCUT2D eigenvalue weighted by atomic mass is 16.5. The van der Waals surface area contributed by atoms with Gasteiger partial charge in [0, 0.05) is 16.8 Å². The standard InChI is InChI=1S/C23H21N3O3/c1-16-5-3-7-19(13-16)22(27)25-20-11-9-18(10-12-20)23(28)26-24-15-17-6-4-8-21(14-17)29-2/h3-15H,1-2H3,(H,25,27)(H,26,28)/b24-15-. The molecule has 29 heavy (non-hydrogen) atoms. The van der Waals surface area contributed by atoms with Crippen LogP contribution < -0.4 is 15.5 Å². The summed E-state index contributed by atoms with van der Waals surface area (Å²) in [4.78, 5) is 24.5. The van der Waals surface area contributed by atoms with Crippen LogP contribution in [0.1, 0.15) is 31.8 Å². The first-order valence-corrected chi connectivity index (χ1v) is 9.01. The fourth-order valence-corrected chi connectivity index (χ4v) is 2.65. The van der Waals surface area contributed by atoms with E-state index in [1.54, 1.807) is 43.5 Å². The second-order valence-corrected chi connectivity index (χ2v) is 6.38. The number of amides is 2. The van der Waals surface area contributed by atoms with E-state index >= 15 is 0 Å². The van der Waals surface area contributed by atoms with Crippen LogP contribution in [0.3, 0.4) is 0 Å². The van der Waals surface area contributed by atoms with E-state index in [9.17, 15) is 9.59 Å². The van der Waals surface area contributed by atoms with Gasteiger partial charge in [0.1, 0.15) is 5.75 Å². The molecule has 0 spiro atoms. The van der Waals surface area contributed by atoms with Gasteiger partial charge in [-0.2, -0.15) is 5.10 Å². The number of anilines is 1. The molecule has 0 aromatic heterocycles. The van der Waals surface area contributed by atoms with Crippen LogP contribution in [-0.4, -0.2) is 25.1 Å². The van der Waals surface area contributed by atoms with Crippen molar-refractivity contribution in [2.45, 2.75) is 6.92 Å². The number of hydrogen-bond donors (Lipinski definition) is 2. The quantitative estimate of drug-likeness (QED) is 0.495. The van der Waals surface area contributed by atoms with Crippen LogP contribution >= 0.6 is 0 Å². The van der Waals surface area contributed by atoms with Gasteiger partial charge in [-0.15, -0.1) is 0 Å². The number of methoxy groups -OCH3 is 1. The molecule has 0 radical (unpaired) electrons. The van der Waals surface area contributed by atoms with E-state index in [1.165, 1.54) is 6.21 Å². The number of nitrogens with one attached hydrogen (secondary N) is 2. The van der Waals surface area contributed by atoms with Gasteiger partial charge in [0.15, 0.2) is 0 Å². The monoisotopic (exact) mass is 387 g/mol. The molecular formula is C23H21N3O3. The lowest BCUT2D eigenvalue weighted by Gasteiger charge is -2.07. The number of carbonyl (C=O) groups is 2. The van der Waals surface area contributed by atoms with Gasteiger partial charge in [0.05, 0.1) is 13.3 Å². The Balaban J connectivity index is 1.58. The molecule has 0 aliphatic carbocycles. The highest BCUT2D eigenvalue weighted by molar-refractivity contribution is 6.04. The van der Waals surface area contributed by atoms with Crippen LogP contribution in [-0.2, 0) is 0 Å². The molecule has 0 unspecified atom stereocenters. The maximum Gasteiger partial charge on any atom is 0.271 e. The molecule has 0 bridgehead atoms. The molecule has 0 heterocycles. The lowest BCUT2D eigenvalue weighted by molar-refractivity contribution is 0.0954. The van der Waals surface area contributed by atoms with Crippen molar-refractivity contribution in [3.05, 3.63) is 95.1 Å². The van der Waals surface area contributed by atoms with Crippen LogP contribution in [0.25, 0.3) is 0 Å². The first-order valence-electron chi connectivity index (χ1n) is 9.01. The largest absolute Gasteiger partial charge is 0.497 e. The third-order valence-electron chi connectivity index (χ3n) is 4.16. The number of aryl methyl sites for hydroxylation is 1. The Morgan fingerprint density at radius 2 is 1.66 bits per heavy atom. The lowest BCUT2D eigenvalue weighted by atomic mass is 10.1. The second-order valence-electron chi connectivity index (χ2n) is 6.38. The predicted molar refractivity (Wildman–Crippen MR) is 114 cm³/mol. The number of rotatable bonds is 6. The van der Waals surface area contributed by atoms with Crippen LogP contribution in [0, 0.1) is 6.92 Å². The first kappa shape index (κ1) is 19.8. The van der Waals surface area contributed by atoms with Gasteiger partial charge in [-0.25, -0.2) is 5.43 Å². The van der Waals surface area contributed by atoms with Gasteiger partial charge >= 0.3 is 0 Å². The highest BCUT2D eigenvalue weighted by Crippen LogP contribution is 2.13. The minimum absolute atomic E-state index is 0.200. The van der Waals surface area contributed by atoms with Crippen molar-refractivity contribution in [3.8, 4) is 5.75 Å². The molecule has 0 saturated carbocycles. The summed E-state index contributed by atoms with van der Waals surface area (Å²) in [7, 11) is 1.59. The van der Waals surface area contributed by atoms with Crippen LogP contribution in [0.2, 0.25) is 0 Å². The molecule has 0 fully saturated rings. The third-order valence-corrected chi connectivity index (χ3v) is 4.16. The van der Waals surface area contributed by atoms with E-state index < -0.39 is 0 Å². The van der Waals surface area contributed by atoms with Crippen molar-refractivity contribution in [2.75, 3.05) is 12.4 Å². The molecule has 2 amide bonds. The molecule has 0 aliphatic heterocycles. The van der Waals surface area contributed by atoms with E-state index in [-0.39, 0.29) is 11.8 Å². The molecule has 3 aromatic rings. The third kappa shape index (κ3) is 5.52. The molecule has 0 saturated heterocycles. The summed E-state index contributed by atoms with van der Waals surface area (Å²) >= 11 is 0. The number of nitrogens with zero attached hydrogens (tertiary/aromatic N) is 1. The fourth-order valence-electron chi connectivity index (χ4n) is 2.65. The SMILES string of the molecule is COc1cccc(/C=N\NC(=O)c2ccc(NC(=O)c3cccc(C)c3)cc2)c1. The molecule has 2 N–H and O–H groups in total. The van der Waals surface area contributed by atoms with E-state index in [4.69, 9.17) is 4.74 Å². The Morgan fingerprint density at radius 3 is 2.38 bits per heavy atom. The van der Waals surface area contributed by atoms with Crippen molar-refractivity contribution in [2.24, 2.45) is 5.10 Å². The number of benzene rings is 3. The van der Waals surface area contributed by atoms with Crippen LogP contribution in [0.4, 0.5) is 5.69 Å². The Bertz CT molecular complexity index is 1040. The summed E-state index contributed by atoms with van der Waals surface area (Å²) in [6.45, 7) is 1.93. The minimum Gasteiger partial charge on any atom is -0.497 e. The van der Waals surface area contributed by atoms with Crippen LogP contribution in [0.5, 0.6) is 5.75 Å². The van der Waals surface area contributed by atoms with Crippen molar-refractivity contribution in [3.63, 3.8) is 0 Å². The molecule has 0 atom stereocenters. The minimum atomic E-state index is -0.347. The molecular weight excluding hydrogens is 366 g/mol. The van der Waals surface area contributed by atoms with E-state index in [2.05, 4.69) is 15.8 Å². The number of ether oxygens (including phenoxy) is 1.